The lowest BCUT2D eigenvalue weighted by atomic mass is 9.82. The van der Waals surface area contributed by atoms with Gasteiger partial charge in [-0.3, -0.25) is 9.48 Å². The normalized spacial score (nSPS) is 23.0. The molecular formula is C20H25ClN4O. The van der Waals surface area contributed by atoms with Crippen molar-refractivity contribution >= 4 is 23.1 Å². The average molecular weight is 373 g/mol. The first-order valence-electron chi connectivity index (χ1n) is 9.60. The van der Waals surface area contributed by atoms with Crippen LogP contribution in [-0.4, -0.2) is 27.1 Å². The van der Waals surface area contributed by atoms with Crippen LogP contribution in [-0.2, 0) is 6.54 Å². The van der Waals surface area contributed by atoms with Crippen molar-refractivity contribution in [3.8, 4) is 0 Å². The van der Waals surface area contributed by atoms with Crippen LogP contribution in [0.15, 0.2) is 30.7 Å². The molecule has 2 fully saturated rings. The molecule has 2 saturated carbocycles. The van der Waals surface area contributed by atoms with E-state index in [4.69, 9.17) is 11.6 Å². The number of rotatable bonds is 7. The van der Waals surface area contributed by atoms with Gasteiger partial charge in [0.15, 0.2) is 5.78 Å². The number of carbonyl (C=O) groups excluding carboxylic acids is 1. The molecular weight excluding hydrogens is 348 g/mol. The lowest BCUT2D eigenvalue weighted by Gasteiger charge is -2.29. The number of nitrogens with one attached hydrogen (secondary N) is 1. The fourth-order valence-electron chi connectivity index (χ4n) is 3.88. The highest BCUT2D eigenvalue weighted by Gasteiger charge is 2.32. The number of halogens is 1. The van der Waals surface area contributed by atoms with E-state index >= 15 is 0 Å². The molecule has 6 heteroatoms. The molecule has 2 aromatic rings. The zero-order valence-corrected chi connectivity index (χ0v) is 15.7. The quantitative estimate of drug-likeness (QED) is 0.576. The molecule has 2 aromatic heterocycles. The highest BCUT2D eigenvalue weighted by molar-refractivity contribution is 6.29. The predicted molar refractivity (Wildman–Crippen MR) is 102 cm³/mol. The monoisotopic (exact) mass is 372 g/mol. The van der Waals surface area contributed by atoms with E-state index in [0.717, 1.165) is 31.6 Å². The van der Waals surface area contributed by atoms with Crippen molar-refractivity contribution in [3.05, 3.63) is 41.4 Å². The van der Waals surface area contributed by atoms with Gasteiger partial charge in [0.05, 0.1) is 5.56 Å². The molecule has 0 aliphatic heterocycles. The number of nitrogens with zero attached hydrogens (tertiary/aromatic N) is 3. The SMILES string of the molecule is O=C(c1cnc(Cl)cc1NCC1CCC(Cn2cccn2)CC1)C1CC1. The van der Waals surface area contributed by atoms with Gasteiger partial charge in [0, 0.05) is 43.3 Å². The summed E-state index contributed by atoms with van der Waals surface area (Å²) in [6.45, 7) is 1.91. The van der Waals surface area contributed by atoms with E-state index in [1.807, 2.05) is 23.1 Å². The molecule has 0 saturated heterocycles. The fourth-order valence-corrected chi connectivity index (χ4v) is 4.04. The molecule has 26 heavy (non-hydrogen) atoms. The van der Waals surface area contributed by atoms with E-state index in [1.165, 1.54) is 25.7 Å². The maximum Gasteiger partial charge on any atom is 0.169 e. The number of hydrogen-bond donors (Lipinski definition) is 1. The number of carbonyl (C=O) groups is 1. The lowest BCUT2D eigenvalue weighted by Crippen LogP contribution is -2.24. The Morgan fingerprint density at radius 2 is 1.96 bits per heavy atom. The predicted octanol–water partition coefficient (Wildman–Crippen LogP) is 4.44. The third kappa shape index (κ3) is 4.26. The van der Waals surface area contributed by atoms with Crippen LogP contribution in [0.1, 0.15) is 48.9 Å². The van der Waals surface area contributed by atoms with E-state index in [2.05, 4.69) is 15.4 Å². The molecule has 0 aromatic carbocycles. The molecule has 5 nitrogen and oxygen atoms in total. The summed E-state index contributed by atoms with van der Waals surface area (Å²) in [6, 6.07) is 3.77. The van der Waals surface area contributed by atoms with Gasteiger partial charge in [-0.1, -0.05) is 11.6 Å². The molecule has 0 radical (unpaired) electrons. The van der Waals surface area contributed by atoms with Gasteiger partial charge in [-0.15, -0.1) is 0 Å². The summed E-state index contributed by atoms with van der Waals surface area (Å²) in [5.74, 6) is 1.75. The first-order valence-corrected chi connectivity index (χ1v) is 9.98. The minimum atomic E-state index is 0.191. The van der Waals surface area contributed by atoms with Crippen LogP contribution >= 0.6 is 11.6 Å². The molecule has 0 bridgehead atoms. The van der Waals surface area contributed by atoms with E-state index in [0.29, 0.717) is 22.6 Å². The van der Waals surface area contributed by atoms with Crippen molar-refractivity contribution in [1.29, 1.82) is 0 Å². The van der Waals surface area contributed by atoms with Crippen LogP contribution in [0, 0.1) is 17.8 Å². The van der Waals surface area contributed by atoms with E-state index < -0.39 is 0 Å². The number of pyridine rings is 1. The Morgan fingerprint density at radius 3 is 2.65 bits per heavy atom. The topological polar surface area (TPSA) is 59.8 Å². The first-order chi connectivity index (χ1) is 12.7. The van der Waals surface area contributed by atoms with Gasteiger partial charge in [0.25, 0.3) is 0 Å². The Labute approximate surface area is 159 Å². The van der Waals surface area contributed by atoms with E-state index in [-0.39, 0.29) is 11.7 Å². The summed E-state index contributed by atoms with van der Waals surface area (Å²) >= 11 is 6.05. The molecule has 4 rings (SSSR count). The second-order valence-corrected chi connectivity index (χ2v) is 8.07. The molecule has 1 N–H and O–H groups in total. The van der Waals surface area contributed by atoms with Crippen molar-refractivity contribution in [1.82, 2.24) is 14.8 Å². The van der Waals surface area contributed by atoms with E-state index in [1.54, 1.807) is 12.3 Å². The molecule has 2 heterocycles. The summed E-state index contributed by atoms with van der Waals surface area (Å²) in [7, 11) is 0. The zero-order valence-electron chi connectivity index (χ0n) is 14.9. The Balaban J connectivity index is 1.31. The molecule has 138 valence electrons. The Hall–Kier alpha value is -1.88. The molecule has 2 aliphatic carbocycles. The lowest BCUT2D eigenvalue weighted by molar-refractivity contribution is 0.0968. The Bertz CT molecular complexity index is 749. The fraction of sp³-hybridized carbons (Fsp3) is 0.550. The van der Waals surface area contributed by atoms with Crippen molar-refractivity contribution in [2.75, 3.05) is 11.9 Å². The first kappa shape index (κ1) is 17.5. The number of hydrogen-bond acceptors (Lipinski definition) is 4. The number of ketones is 1. The van der Waals surface area contributed by atoms with Gasteiger partial charge < -0.3 is 5.32 Å². The minimum absolute atomic E-state index is 0.191. The van der Waals surface area contributed by atoms with Gasteiger partial charge in [-0.25, -0.2) is 4.98 Å². The van der Waals surface area contributed by atoms with Crippen molar-refractivity contribution in [2.45, 2.75) is 45.1 Å². The Morgan fingerprint density at radius 1 is 1.19 bits per heavy atom. The largest absolute Gasteiger partial charge is 0.384 e. The second-order valence-electron chi connectivity index (χ2n) is 7.69. The molecule has 0 unspecified atom stereocenters. The number of Topliss-reactive ketones (excluding diaryl/α,β-unsaturated/α-hetero) is 1. The maximum absolute atomic E-state index is 12.5. The highest BCUT2D eigenvalue weighted by Crippen LogP contribution is 2.35. The molecule has 2 aliphatic rings. The zero-order chi connectivity index (χ0) is 17.9. The van der Waals surface area contributed by atoms with Crippen molar-refractivity contribution < 1.29 is 4.79 Å². The smallest absolute Gasteiger partial charge is 0.169 e. The maximum atomic E-state index is 12.5. The second kappa shape index (κ2) is 7.78. The summed E-state index contributed by atoms with van der Waals surface area (Å²) in [5.41, 5.74) is 1.55. The van der Waals surface area contributed by atoms with Crippen LogP contribution in [0.3, 0.4) is 0 Å². The van der Waals surface area contributed by atoms with Gasteiger partial charge in [0.2, 0.25) is 0 Å². The highest BCUT2D eigenvalue weighted by atomic mass is 35.5. The van der Waals surface area contributed by atoms with Crippen LogP contribution in [0.4, 0.5) is 5.69 Å². The molecule has 0 atom stereocenters. The summed E-state index contributed by atoms with van der Waals surface area (Å²) in [6.07, 6.45) is 12.4. The van der Waals surface area contributed by atoms with Gasteiger partial charge in [0.1, 0.15) is 5.15 Å². The van der Waals surface area contributed by atoms with Gasteiger partial charge >= 0.3 is 0 Å². The van der Waals surface area contributed by atoms with Crippen LogP contribution in [0.5, 0.6) is 0 Å². The van der Waals surface area contributed by atoms with Crippen LogP contribution in [0.25, 0.3) is 0 Å². The average Bonchev–Trinajstić information content (AvgIpc) is 3.38. The summed E-state index contributed by atoms with van der Waals surface area (Å²) in [4.78, 5) is 16.6. The van der Waals surface area contributed by atoms with Gasteiger partial charge in [-0.2, -0.15) is 5.10 Å². The third-order valence-electron chi connectivity index (χ3n) is 5.64. The summed E-state index contributed by atoms with van der Waals surface area (Å²) in [5, 5.41) is 8.23. The molecule has 0 amide bonds. The van der Waals surface area contributed by atoms with Crippen LogP contribution < -0.4 is 5.32 Å². The Kier molecular flexibility index (Phi) is 5.25. The van der Waals surface area contributed by atoms with Crippen molar-refractivity contribution in [2.24, 2.45) is 17.8 Å². The molecule has 0 spiro atoms. The van der Waals surface area contributed by atoms with Gasteiger partial charge in [-0.05, 0) is 62.5 Å². The summed E-state index contributed by atoms with van der Waals surface area (Å²) < 4.78 is 2.04. The minimum Gasteiger partial charge on any atom is -0.384 e. The third-order valence-corrected chi connectivity index (χ3v) is 5.84. The number of anilines is 1. The van der Waals surface area contributed by atoms with Crippen LogP contribution in [0.2, 0.25) is 5.15 Å². The number of aromatic nitrogens is 3. The van der Waals surface area contributed by atoms with Crippen molar-refractivity contribution in [3.63, 3.8) is 0 Å². The van der Waals surface area contributed by atoms with E-state index in [9.17, 15) is 4.79 Å². The standard InChI is InChI=1S/C20H25ClN4O/c21-19-10-18(17(12-23-19)20(26)16-6-7-16)22-11-14-2-4-15(5-3-14)13-25-9-1-8-24-25/h1,8-10,12,14-16H,2-7,11,13H2,(H,22,23).